The van der Waals surface area contributed by atoms with Gasteiger partial charge in [0.25, 0.3) is 5.92 Å². The summed E-state index contributed by atoms with van der Waals surface area (Å²) in [5.41, 5.74) is -0.710. The van der Waals surface area contributed by atoms with Crippen molar-refractivity contribution in [1.82, 2.24) is 5.32 Å². The van der Waals surface area contributed by atoms with Crippen LogP contribution in [0.3, 0.4) is 0 Å². The normalized spacial score (nSPS) is 26.1. The van der Waals surface area contributed by atoms with Crippen molar-refractivity contribution in [2.45, 2.75) is 38.7 Å². The second-order valence-corrected chi connectivity index (χ2v) is 4.81. The van der Waals surface area contributed by atoms with Crippen molar-refractivity contribution in [2.75, 3.05) is 13.1 Å². The van der Waals surface area contributed by atoms with E-state index >= 15 is 0 Å². The van der Waals surface area contributed by atoms with Gasteiger partial charge in [0.1, 0.15) is 11.5 Å². The molecule has 1 saturated heterocycles. The van der Waals surface area contributed by atoms with Crippen molar-refractivity contribution in [3.05, 3.63) is 0 Å². The highest BCUT2D eigenvalue weighted by Crippen LogP contribution is 2.31. The molecule has 3 nitrogen and oxygen atoms in total. The monoisotopic (exact) mass is 221 g/mol. The van der Waals surface area contributed by atoms with Crippen LogP contribution in [0.2, 0.25) is 0 Å². The molecule has 0 aromatic rings. The maximum Gasteiger partial charge on any atom is 0.315 e. The molecule has 0 aromatic heterocycles. The molecule has 15 heavy (non-hydrogen) atoms. The fraction of sp³-hybridized carbons (Fsp3) is 0.900. The van der Waals surface area contributed by atoms with E-state index in [0.717, 1.165) is 0 Å². The Morgan fingerprint density at radius 2 is 2.07 bits per heavy atom. The molecule has 1 rings (SSSR count). The summed E-state index contributed by atoms with van der Waals surface area (Å²) in [7, 11) is 0. The largest absolute Gasteiger partial charge is 0.460 e. The molecule has 1 heterocycles. The Kier molecular flexibility index (Phi) is 3.33. The van der Waals surface area contributed by atoms with E-state index in [9.17, 15) is 13.6 Å². The Labute approximate surface area is 88.2 Å². The van der Waals surface area contributed by atoms with Crippen LogP contribution in [0.25, 0.3) is 0 Å². The number of alkyl halides is 2. The molecule has 1 N–H and O–H groups in total. The van der Waals surface area contributed by atoms with E-state index in [4.69, 9.17) is 4.74 Å². The number of ether oxygens (including phenoxy) is 1. The highest BCUT2D eigenvalue weighted by Gasteiger charge is 2.47. The van der Waals surface area contributed by atoms with Gasteiger partial charge in [0.05, 0.1) is 6.54 Å². The number of nitrogens with one attached hydrogen (secondary N) is 1. The molecule has 0 spiro atoms. The topological polar surface area (TPSA) is 38.3 Å². The van der Waals surface area contributed by atoms with Crippen molar-refractivity contribution >= 4 is 5.97 Å². The van der Waals surface area contributed by atoms with Crippen LogP contribution in [-0.2, 0) is 9.53 Å². The van der Waals surface area contributed by atoms with E-state index in [0.29, 0.717) is 6.54 Å². The van der Waals surface area contributed by atoms with Gasteiger partial charge < -0.3 is 10.1 Å². The third-order valence-electron chi connectivity index (χ3n) is 2.17. The van der Waals surface area contributed by atoms with E-state index in [2.05, 4.69) is 5.32 Å². The van der Waals surface area contributed by atoms with Crippen LogP contribution in [0.4, 0.5) is 8.78 Å². The fourth-order valence-corrected chi connectivity index (χ4v) is 1.50. The van der Waals surface area contributed by atoms with E-state index in [1.54, 1.807) is 20.8 Å². The van der Waals surface area contributed by atoms with Crippen LogP contribution in [0, 0.1) is 5.92 Å². The number of halogens is 2. The first-order chi connectivity index (χ1) is 6.72. The molecule has 1 fully saturated rings. The Balaban J connectivity index is 2.65. The molecule has 1 aliphatic heterocycles. The van der Waals surface area contributed by atoms with Crippen LogP contribution >= 0.6 is 0 Å². The molecule has 0 aromatic carbocycles. The van der Waals surface area contributed by atoms with Gasteiger partial charge in [0.2, 0.25) is 0 Å². The van der Waals surface area contributed by atoms with Gasteiger partial charge in [-0.05, 0) is 33.7 Å². The minimum absolute atomic E-state index is 0.127. The van der Waals surface area contributed by atoms with E-state index in [1.165, 1.54) is 0 Å². The Bertz CT molecular complexity index is 248. The number of hydrogen-bond donors (Lipinski definition) is 1. The highest BCUT2D eigenvalue weighted by atomic mass is 19.3. The van der Waals surface area contributed by atoms with Gasteiger partial charge in [-0.2, -0.15) is 0 Å². The highest BCUT2D eigenvalue weighted by molar-refractivity contribution is 5.74. The maximum atomic E-state index is 13.3. The zero-order chi connectivity index (χ0) is 11.7. The fourth-order valence-electron chi connectivity index (χ4n) is 1.50. The van der Waals surface area contributed by atoms with Crippen LogP contribution in [0.1, 0.15) is 27.2 Å². The maximum absolute atomic E-state index is 13.3. The lowest BCUT2D eigenvalue weighted by Gasteiger charge is -2.32. The molecule has 0 aliphatic carbocycles. The quantitative estimate of drug-likeness (QED) is 0.683. The first-order valence-corrected chi connectivity index (χ1v) is 5.04. The summed E-state index contributed by atoms with van der Waals surface area (Å²) in [6.07, 6.45) is 0.127. The summed E-state index contributed by atoms with van der Waals surface area (Å²) in [6.45, 7) is 4.99. The van der Waals surface area contributed by atoms with Gasteiger partial charge in [0.15, 0.2) is 0 Å². The summed E-state index contributed by atoms with van der Waals surface area (Å²) >= 11 is 0. The van der Waals surface area contributed by atoms with E-state index in [1.807, 2.05) is 0 Å². The molecule has 5 heteroatoms. The van der Waals surface area contributed by atoms with Crippen LogP contribution < -0.4 is 5.32 Å². The third kappa shape index (κ3) is 3.41. The number of hydrogen-bond acceptors (Lipinski definition) is 3. The molecule has 1 unspecified atom stereocenters. The van der Waals surface area contributed by atoms with Gasteiger partial charge in [-0.25, -0.2) is 8.78 Å². The molecular formula is C10H17F2NO2. The number of carbonyl (C=O) groups excluding carboxylic acids is 1. The molecule has 0 radical (unpaired) electrons. The second kappa shape index (κ2) is 4.04. The molecule has 0 amide bonds. The zero-order valence-electron chi connectivity index (χ0n) is 9.27. The lowest BCUT2D eigenvalue weighted by Crippen LogP contribution is -2.50. The molecule has 1 atom stereocenters. The van der Waals surface area contributed by atoms with Crippen LogP contribution in [-0.4, -0.2) is 30.6 Å². The third-order valence-corrected chi connectivity index (χ3v) is 2.17. The Hall–Kier alpha value is -0.710. The van der Waals surface area contributed by atoms with E-state index in [-0.39, 0.29) is 6.42 Å². The molecule has 1 aliphatic rings. The number of carbonyl (C=O) groups is 1. The molecule has 0 bridgehead atoms. The summed E-state index contributed by atoms with van der Waals surface area (Å²) < 4.78 is 31.6. The number of piperidine rings is 1. The lowest BCUT2D eigenvalue weighted by atomic mass is 9.94. The number of rotatable bonds is 1. The summed E-state index contributed by atoms with van der Waals surface area (Å²) in [4.78, 5) is 11.5. The minimum atomic E-state index is -3.00. The van der Waals surface area contributed by atoms with Gasteiger partial charge in [0, 0.05) is 0 Å². The zero-order valence-corrected chi connectivity index (χ0v) is 9.27. The lowest BCUT2D eigenvalue weighted by molar-refractivity contribution is -0.177. The number of esters is 1. The van der Waals surface area contributed by atoms with Gasteiger partial charge in [-0.3, -0.25) is 4.79 Å². The Morgan fingerprint density at radius 1 is 1.47 bits per heavy atom. The summed E-state index contributed by atoms with van der Waals surface area (Å²) in [6, 6.07) is 0. The minimum Gasteiger partial charge on any atom is -0.460 e. The molecular weight excluding hydrogens is 204 g/mol. The second-order valence-electron chi connectivity index (χ2n) is 4.81. The van der Waals surface area contributed by atoms with Crippen molar-refractivity contribution in [1.29, 1.82) is 0 Å². The predicted molar refractivity (Wildman–Crippen MR) is 51.8 cm³/mol. The molecule has 88 valence electrons. The van der Waals surface area contributed by atoms with Crippen LogP contribution in [0.5, 0.6) is 0 Å². The first-order valence-electron chi connectivity index (χ1n) is 5.04. The predicted octanol–water partition coefficient (Wildman–Crippen LogP) is 1.57. The SMILES string of the molecule is CC(C)(C)OC(=O)C1CCNCC1(F)F. The van der Waals surface area contributed by atoms with Gasteiger partial charge in [-0.15, -0.1) is 0 Å². The summed E-state index contributed by atoms with van der Waals surface area (Å²) in [5.74, 6) is -5.10. The first kappa shape index (κ1) is 12.4. The standard InChI is InChI=1S/C10H17F2NO2/c1-9(2,3)15-8(14)7-4-5-13-6-10(7,11)12/h7,13H,4-6H2,1-3H3. The Morgan fingerprint density at radius 3 is 2.53 bits per heavy atom. The van der Waals surface area contributed by atoms with Crippen molar-refractivity contribution in [2.24, 2.45) is 5.92 Å². The van der Waals surface area contributed by atoms with Gasteiger partial charge in [-0.1, -0.05) is 0 Å². The molecule has 0 saturated carbocycles. The van der Waals surface area contributed by atoms with Crippen molar-refractivity contribution < 1.29 is 18.3 Å². The average Bonchev–Trinajstić information content (AvgIpc) is 1.99. The van der Waals surface area contributed by atoms with Crippen molar-refractivity contribution in [3.63, 3.8) is 0 Å². The van der Waals surface area contributed by atoms with Gasteiger partial charge >= 0.3 is 5.97 Å². The summed E-state index contributed by atoms with van der Waals surface area (Å²) in [5, 5.41) is 2.56. The average molecular weight is 221 g/mol. The van der Waals surface area contributed by atoms with E-state index < -0.39 is 30.0 Å². The van der Waals surface area contributed by atoms with Crippen LogP contribution in [0.15, 0.2) is 0 Å². The van der Waals surface area contributed by atoms with Crippen molar-refractivity contribution in [3.8, 4) is 0 Å². The smallest absolute Gasteiger partial charge is 0.315 e.